The number of unbranched alkanes of at least 4 members (excludes halogenated alkanes) is 5. The van der Waals surface area contributed by atoms with Crippen LogP contribution in [0.1, 0.15) is 78.6 Å². The van der Waals surface area contributed by atoms with Crippen molar-refractivity contribution in [1.82, 2.24) is 41.1 Å². The molecule has 3 fully saturated rings. The first kappa shape index (κ1) is 72.8. The van der Waals surface area contributed by atoms with E-state index in [4.69, 9.17) is 42.6 Å². The zero-order chi connectivity index (χ0) is 63.7. The second-order valence-electron chi connectivity index (χ2n) is 21.0. The molecule has 0 saturated carbocycles. The van der Waals surface area contributed by atoms with Gasteiger partial charge in [0.2, 0.25) is 0 Å². The molecule has 0 spiro atoms. The third-order valence-corrected chi connectivity index (χ3v) is 13.6. The monoisotopic (exact) mass is 1230 g/mol. The lowest BCUT2D eigenvalue weighted by Crippen LogP contribution is -2.57. The topological polar surface area (TPSA) is 291 Å². The number of aromatic nitrogens is 9. The van der Waals surface area contributed by atoms with Crippen LogP contribution in [0.4, 0.5) is 0 Å². The summed E-state index contributed by atoms with van der Waals surface area (Å²) in [5.74, 6) is 0. The molecule has 27 nitrogen and oxygen atoms in total. The van der Waals surface area contributed by atoms with E-state index in [2.05, 4.69) is 39.5 Å². The normalized spacial score (nSPS) is 16.5. The van der Waals surface area contributed by atoms with Gasteiger partial charge in [-0.2, -0.15) is 0 Å². The summed E-state index contributed by atoms with van der Waals surface area (Å²) in [6.45, 7) is 32.5. The molecule has 0 radical (unpaired) electrons. The predicted molar refractivity (Wildman–Crippen MR) is 328 cm³/mol. The van der Waals surface area contributed by atoms with Crippen molar-refractivity contribution in [3.05, 3.63) is 170 Å². The van der Waals surface area contributed by atoms with Gasteiger partial charge in [0.15, 0.2) is 0 Å². The first-order valence-corrected chi connectivity index (χ1v) is 29.9. The highest BCUT2D eigenvalue weighted by Gasteiger charge is 2.26. The van der Waals surface area contributed by atoms with Crippen LogP contribution in [0.15, 0.2) is 119 Å². The van der Waals surface area contributed by atoms with E-state index in [1.807, 2.05) is 12.2 Å². The molecular formula is C60H93N9O18. The molecule has 3 aromatic rings. The van der Waals surface area contributed by atoms with Gasteiger partial charge in [-0.3, -0.25) is 0 Å². The van der Waals surface area contributed by atoms with Gasteiger partial charge < -0.3 is 42.6 Å². The molecule has 87 heavy (non-hydrogen) atoms. The van der Waals surface area contributed by atoms with E-state index >= 15 is 0 Å². The van der Waals surface area contributed by atoms with Crippen LogP contribution in [0.2, 0.25) is 0 Å². The van der Waals surface area contributed by atoms with Crippen LogP contribution in [0.3, 0.4) is 0 Å². The summed E-state index contributed by atoms with van der Waals surface area (Å²) in [5.41, 5.74) is -5.63. The Morgan fingerprint density at radius 3 is 1.00 bits per heavy atom. The molecule has 0 bridgehead atoms. The van der Waals surface area contributed by atoms with E-state index in [1.165, 1.54) is 13.7 Å². The average molecular weight is 1230 g/mol. The van der Waals surface area contributed by atoms with Gasteiger partial charge in [0.25, 0.3) is 0 Å². The molecule has 6 heterocycles. The van der Waals surface area contributed by atoms with E-state index in [0.717, 1.165) is 79.0 Å². The second kappa shape index (κ2) is 40.0. The fourth-order valence-corrected chi connectivity index (χ4v) is 8.67. The Hall–Kier alpha value is -6.69. The van der Waals surface area contributed by atoms with Gasteiger partial charge in [0.05, 0.1) is 143 Å². The van der Waals surface area contributed by atoms with Crippen LogP contribution in [0.5, 0.6) is 0 Å². The lowest BCUT2D eigenvalue weighted by molar-refractivity contribution is 0.0393. The molecule has 3 aliphatic rings. The van der Waals surface area contributed by atoms with Crippen molar-refractivity contribution in [2.24, 2.45) is 0 Å². The fraction of sp³-hybridized carbons (Fsp3) is 0.650. The first-order chi connectivity index (χ1) is 42.0. The Morgan fingerprint density at radius 1 is 0.368 bits per heavy atom. The lowest BCUT2D eigenvalue weighted by Gasteiger charge is -2.20. The van der Waals surface area contributed by atoms with Gasteiger partial charge in [0, 0.05) is 19.6 Å². The molecule has 486 valence electrons. The summed E-state index contributed by atoms with van der Waals surface area (Å²) in [6.07, 6.45) is 16.5. The number of nitrogens with zero attached hydrogens (tertiary/aromatic N) is 9. The van der Waals surface area contributed by atoms with Gasteiger partial charge in [-0.15, -0.1) is 39.5 Å². The molecule has 3 aromatic heterocycles. The Balaban J connectivity index is 0.000000280. The zero-order valence-corrected chi connectivity index (χ0v) is 51.3. The summed E-state index contributed by atoms with van der Waals surface area (Å²) in [7, 11) is 0. The minimum atomic E-state index is -0.700. The van der Waals surface area contributed by atoms with Crippen LogP contribution < -0.4 is 51.2 Å². The summed E-state index contributed by atoms with van der Waals surface area (Å²) < 4.78 is 57.7. The Morgan fingerprint density at radius 2 is 0.667 bits per heavy atom. The van der Waals surface area contributed by atoms with E-state index in [1.54, 1.807) is 45.1 Å². The van der Waals surface area contributed by atoms with Crippen molar-refractivity contribution in [3.63, 3.8) is 0 Å². The lowest BCUT2D eigenvalue weighted by atomic mass is 10.2. The molecular weight excluding hydrogens is 1130 g/mol. The fourth-order valence-electron chi connectivity index (χ4n) is 8.67. The first-order valence-electron chi connectivity index (χ1n) is 29.9. The van der Waals surface area contributed by atoms with Crippen LogP contribution in [0, 0.1) is 0 Å². The molecule has 3 saturated heterocycles. The van der Waals surface area contributed by atoms with E-state index in [-0.39, 0.29) is 84.5 Å². The molecule has 0 aromatic carbocycles. The van der Waals surface area contributed by atoms with Crippen molar-refractivity contribution >= 4 is 0 Å². The van der Waals surface area contributed by atoms with Gasteiger partial charge in [-0.25, -0.2) is 84.3 Å². The van der Waals surface area contributed by atoms with Crippen molar-refractivity contribution < 1.29 is 42.6 Å². The largest absolute Gasteiger partial charge is 0.377 e. The van der Waals surface area contributed by atoms with E-state index in [0.29, 0.717) is 78.2 Å². The van der Waals surface area contributed by atoms with Gasteiger partial charge in [-0.1, -0.05) is 36.5 Å². The van der Waals surface area contributed by atoms with Gasteiger partial charge >= 0.3 is 51.2 Å². The minimum Gasteiger partial charge on any atom is -0.377 e. The Kier molecular flexibility index (Phi) is 33.4. The molecule has 3 aliphatic heterocycles. The molecule has 0 amide bonds. The smallest absolute Gasteiger partial charge is 0.336 e. The Labute approximate surface area is 505 Å². The van der Waals surface area contributed by atoms with E-state index < -0.39 is 69.5 Å². The number of epoxide rings is 3. The summed E-state index contributed by atoms with van der Waals surface area (Å²) >= 11 is 0. The maximum absolute atomic E-state index is 13.0. The van der Waals surface area contributed by atoms with Crippen LogP contribution in [0.25, 0.3) is 0 Å². The molecule has 6 atom stereocenters. The van der Waals surface area contributed by atoms with Gasteiger partial charge in [-0.05, 0) is 78.6 Å². The average Bonchev–Trinajstić information content (AvgIpc) is 1.79. The highest BCUT2D eigenvalue weighted by molar-refractivity contribution is 4.85. The quantitative estimate of drug-likeness (QED) is 0.0441. The zero-order valence-electron chi connectivity index (χ0n) is 51.3. The number of hydrogen-bond donors (Lipinski definition) is 0. The highest BCUT2D eigenvalue weighted by atomic mass is 16.6. The standard InChI is InChI=1S/C21H33N3O7.C21H33N3O4.C18H27N3O7/c1-6-8-28-15(3)10-22-19(25)23(11-16(4)29-9-7-2)21(27)24(20(22)26)12-17(5)30-13-18-14-31-18;1-3-5-7-10-14-22-19(25)23(15-11-8-6-4-2)21(27)24(20(22)26)16-12-9-13-18-17-28-18;1-3-8-25-10-5-19-16(22)20(6-11-26-9-4-2)18(24)21(17(19)23)7-12-27-13-15-14-28-15/h6-7,15-18H,1-2,8-14H2,3-5H3;3-4,18H,1-2,5-17H2;3-4,15H,1-2,5-14H2. The molecule has 0 N–H and O–H groups in total. The van der Waals surface area contributed by atoms with Crippen LogP contribution in [-0.2, 0) is 102 Å². The number of hydrogen-bond acceptors (Lipinski definition) is 18. The summed E-state index contributed by atoms with van der Waals surface area (Å²) in [4.78, 5) is 115. The number of allylic oxidation sites excluding steroid dienone is 2. The number of rotatable bonds is 45. The van der Waals surface area contributed by atoms with Crippen LogP contribution in [-0.4, -0.2) is 157 Å². The molecule has 6 rings (SSSR count). The van der Waals surface area contributed by atoms with E-state index in [9.17, 15) is 43.2 Å². The minimum absolute atomic E-state index is 0.00116. The Bertz CT molecular complexity index is 2920. The summed E-state index contributed by atoms with van der Waals surface area (Å²) in [5, 5.41) is 0. The SMILES string of the molecule is C=CCCCCn1c(=O)n(CCCCC=C)c(=O)n(CCCCC2CO2)c1=O.C=CCOC(C)Cn1c(=O)n(CC(C)OCC=C)c(=O)n(CC(C)OCC2CO2)c1=O.C=CCOCCn1c(=O)n(CCOCC=C)c(=O)n(CCOCC2CO2)c1=O. The maximum atomic E-state index is 13.0. The third kappa shape index (κ3) is 25.1. The summed E-state index contributed by atoms with van der Waals surface area (Å²) in [6, 6.07) is 0. The predicted octanol–water partition coefficient (Wildman–Crippen LogP) is 1.60. The van der Waals surface area contributed by atoms with Gasteiger partial charge in [0.1, 0.15) is 12.2 Å². The molecule has 27 heteroatoms. The van der Waals surface area contributed by atoms with Crippen molar-refractivity contribution in [2.45, 2.75) is 174 Å². The van der Waals surface area contributed by atoms with Crippen molar-refractivity contribution in [2.75, 3.05) is 79.3 Å². The maximum Gasteiger partial charge on any atom is 0.336 e. The highest BCUT2D eigenvalue weighted by Crippen LogP contribution is 2.16. The van der Waals surface area contributed by atoms with Crippen molar-refractivity contribution in [3.8, 4) is 0 Å². The second-order valence-corrected chi connectivity index (χ2v) is 21.0. The molecule has 0 aliphatic carbocycles. The number of ether oxygens (including phenoxy) is 9. The van der Waals surface area contributed by atoms with Crippen LogP contribution >= 0.6 is 0 Å². The van der Waals surface area contributed by atoms with Crippen molar-refractivity contribution in [1.29, 1.82) is 0 Å². The molecule has 6 unspecified atom stereocenters. The third-order valence-electron chi connectivity index (χ3n) is 13.6.